The summed E-state index contributed by atoms with van der Waals surface area (Å²) in [5, 5.41) is 2.90. The minimum atomic E-state index is -0.390. The highest BCUT2D eigenvalue weighted by atomic mass is 16.6. The molecule has 0 aromatic heterocycles. The second-order valence-corrected chi connectivity index (χ2v) is 6.93. The molecule has 130 valence electrons. The molecule has 2 rings (SSSR count). The van der Waals surface area contributed by atoms with Crippen LogP contribution in [0.2, 0.25) is 0 Å². The number of alkyl carbamates (subject to hydrolysis) is 1. The summed E-state index contributed by atoms with van der Waals surface area (Å²) in [7, 11) is 0. The van der Waals surface area contributed by atoms with E-state index in [1.807, 2.05) is 20.8 Å². The highest BCUT2D eigenvalue weighted by molar-refractivity contribution is 5.78. The monoisotopic (exact) mass is 327 g/mol. The molecule has 1 N–H and O–H groups in total. The molecule has 0 heterocycles. The molecule has 1 saturated carbocycles. The summed E-state index contributed by atoms with van der Waals surface area (Å²) in [5.74, 6) is 0.492. The lowest BCUT2D eigenvalue weighted by atomic mass is 10.0. The van der Waals surface area contributed by atoms with Gasteiger partial charge >= 0.3 is 6.09 Å². The fraction of sp³-hybridized carbons (Fsp3) is 0.476. The van der Waals surface area contributed by atoms with Crippen molar-refractivity contribution in [2.75, 3.05) is 0 Å². The van der Waals surface area contributed by atoms with Gasteiger partial charge < -0.3 is 4.74 Å². The number of aryl methyl sites for hydroxylation is 1. The first kappa shape index (κ1) is 18.3. The number of nitrogens with one attached hydrogen (secondary N) is 1. The Morgan fingerprint density at radius 1 is 1.21 bits per heavy atom. The lowest BCUT2D eigenvalue weighted by Gasteiger charge is -2.21. The molecular weight excluding hydrogens is 298 g/mol. The summed E-state index contributed by atoms with van der Waals surface area (Å²) < 4.78 is 5.59. The predicted octanol–water partition coefficient (Wildman–Crippen LogP) is 5.61. The normalized spacial score (nSPS) is 17.2. The van der Waals surface area contributed by atoms with Gasteiger partial charge in [0.05, 0.1) is 0 Å². The van der Waals surface area contributed by atoms with Gasteiger partial charge in [0.15, 0.2) is 0 Å². The molecule has 3 heteroatoms. The smallest absolute Gasteiger partial charge is 0.411 e. The fourth-order valence-electron chi connectivity index (χ4n) is 3.29. The van der Waals surface area contributed by atoms with Crippen LogP contribution in [-0.2, 0) is 4.74 Å². The molecular formula is C21H29NO2. The maximum Gasteiger partial charge on any atom is 0.411 e. The summed E-state index contributed by atoms with van der Waals surface area (Å²) in [4.78, 5) is 12.3. The summed E-state index contributed by atoms with van der Waals surface area (Å²) in [6.07, 6.45) is 4.35. The number of carbonyl (C=O) groups excluding carboxylic acids is 1. The van der Waals surface area contributed by atoms with Crippen molar-refractivity contribution in [3.63, 3.8) is 0 Å². The standard InChI is InChI=1S/C21H29NO2/c1-14(2)20(16(4)18-12-10-15(3)11-13-18)22-21(23)24-17(5)19-8-6-7-9-19/h10-13,17,19H,1,6-9H2,2-5H3,(H,22,23)/b20-16-. The van der Waals surface area contributed by atoms with Gasteiger partial charge in [-0.1, -0.05) is 49.2 Å². The van der Waals surface area contributed by atoms with Crippen LogP contribution < -0.4 is 5.32 Å². The number of rotatable bonds is 5. The van der Waals surface area contributed by atoms with Crippen LogP contribution in [-0.4, -0.2) is 12.2 Å². The van der Waals surface area contributed by atoms with E-state index >= 15 is 0 Å². The Balaban J connectivity index is 2.09. The largest absolute Gasteiger partial charge is 0.446 e. The molecule has 1 atom stereocenters. The minimum absolute atomic E-state index is 0.0430. The predicted molar refractivity (Wildman–Crippen MR) is 99.6 cm³/mol. The molecule has 0 aliphatic heterocycles. The van der Waals surface area contributed by atoms with Crippen molar-refractivity contribution in [2.24, 2.45) is 5.92 Å². The van der Waals surface area contributed by atoms with E-state index in [0.29, 0.717) is 5.92 Å². The third-order valence-electron chi connectivity index (χ3n) is 4.87. The van der Waals surface area contributed by atoms with Crippen LogP contribution in [0.3, 0.4) is 0 Å². The lowest BCUT2D eigenvalue weighted by molar-refractivity contribution is 0.0763. The summed E-state index contributed by atoms with van der Waals surface area (Å²) >= 11 is 0. The van der Waals surface area contributed by atoms with Gasteiger partial charge in [-0.25, -0.2) is 4.79 Å². The average Bonchev–Trinajstić information content (AvgIpc) is 3.07. The third kappa shape index (κ3) is 4.73. The van der Waals surface area contributed by atoms with Gasteiger partial charge in [-0.05, 0) is 63.2 Å². The van der Waals surface area contributed by atoms with Crippen LogP contribution >= 0.6 is 0 Å². The van der Waals surface area contributed by atoms with Crippen molar-refractivity contribution in [1.29, 1.82) is 0 Å². The summed E-state index contributed by atoms with van der Waals surface area (Å²) in [6, 6.07) is 8.24. The summed E-state index contributed by atoms with van der Waals surface area (Å²) in [5.41, 5.74) is 4.83. The third-order valence-corrected chi connectivity index (χ3v) is 4.87. The molecule has 1 unspecified atom stereocenters. The number of carbonyl (C=O) groups is 1. The first-order chi connectivity index (χ1) is 11.4. The highest BCUT2D eigenvalue weighted by Gasteiger charge is 2.24. The van der Waals surface area contributed by atoms with E-state index < -0.39 is 0 Å². The van der Waals surface area contributed by atoms with Crippen molar-refractivity contribution >= 4 is 11.7 Å². The molecule has 24 heavy (non-hydrogen) atoms. The van der Waals surface area contributed by atoms with Crippen LogP contribution in [0.4, 0.5) is 4.79 Å². The van der Waals surface area contributed by atoms with Gasteiger partial charge in [0.25, 0.3) is 0 Å². The molecule has 3 nitrogen and oxygen atoms in total. The molecule has 1 aromatic rings. The van der Waals surface area contributed by atoms with Crippen molar-refractivity contribution in [3.05, 3.63) is 53.2 Å². The second-order valence-electron chi connectivity index (χ2n) is 6.93. The Bertz CT molecular complexity index is 622. The Morgan fingerprint density at radius 3 is 2.33 bits per heavy atom. The fourth-order valence-corrected chi connectivity index (χ4v) is 3.29. The topological polar surface area (TPSA) is 38.3 Å². The highest BCUT2D eigenvalue weighted by Crippen LogP contribution is 2.29. The van der Waals surface area contributed by atoms with E-state index in [0.717, 1.165) is 35.2 Å². The van der Waals surface area contributed by atoms with E-state index in [2.05, 4.69) is 43.1 Å². The van der Waals surface area contributed by atoms with Crippen molar-refractivity contribution < 1.29 is 9.53 Å². The number of amides is 1. The number of allylic oxidation sites excluding steroid dienone is 2. The Hall–Kier alpha value is -2.03. The Labute approximate surface area is 145 Å². The van der Waals surface area contributed by atoms with Crippen LogP contribution in [0.15, 0.2) is 42.1 Å². The summed E-state index contributed by atoms with van der Waals surface area (Å²) in [6.45, 7) is 11.9. The molecule has 0 radical (unpaired) electrons. The molecule has 1 aromatic carbocycles. The van der Waals surface area contributed by atoms with Crippen LogP contribution in [0.1, 0.15) is 57.6 Å². The Morgan fingerprint density at radius 2 is 1.79 bits per heavy atom. The first-order valence-corrected chi connectivity index (χ1v) is 8.80. The zero-order chi connectivity index (χ0) is 17.7. The molecule has 0 saturated heterocycles. The number of hydrogen-bond acceptors (Lipinski definition) is 2. The van der Waals surface area contributed by atoms with E-state index in [1.165, 1.54) is 18.4 Å². The van der Waals surface area contributed by atoms with Gasteiger partial charge in [-0.3, -0.25) is 5.32 Å². The maximum atomic E-state index is 12.3. The maximum absolute atomic E-state index is 12.3. The van der Waals surface area contributed by atoms with Crippen LogP contribution in [0.5, 0.6) is 0 Å². The molecule has 1 aliphatic carbocycles. The van der Waals surface area contributed by atoms with Gasteiger partial charge in [-0.15, -0.1) is 0 Å². The SMILES string of the molecule is C=C(C)/C(NC(=O)OC(C)C1CCCC1)=C(\C)c1ccc(C)cc1. The second kappa shape index (κ2) is 8.18. The van der Waals surface area contributed by atoms with E-state index in [4.69, 9.17) is 4.74 Å². The Kier molecular flexibility index (Phi) is 6.24. The van der Waals surface area contributed by atoms with Crippen molar-refractivity contribution in [1.82, 2.24) is 5.32 Å². The quantitative estimate of drug-likeness (QED) is 0.714. The zero-order valence-electron chi connectivity index (χ0n) is 15.3. The molecule has 0 spiro atoms. The molecule has 1 amide bonds. The average molecular weight is 327 g/mol. The van der Waals surface area contributed by atoms with Gasteiger partial charge in [0.2, 0.25) is 0 Å². The van der Waals surface area contributed by atoms with E-state index in [-0.39, 0.29) is 12.2 Å². The van der Waals surface area contributed by atoms with Crippen LogP contribution in [0.25, 0.3) is 5.57 Å². The number of hydrogen-bond donors (Lipinski definition) is 1. The van der Waals surface area contributed by atoms with Crippen molar-refractivity contribution in [2.45, 2.75) is 59.5 Å². The van der Waals surface area contributed by atoms with Gasteiger partial charge in [0, 0.05) is 5.70 Å². The molecule has 1 fully saturated rings. The van der Waals surface area contributed by atoms with Crippen molar-refractivity contribution in [3.8, 4) is 0 Å². The first-order valence-electron chi connectivity index (χ1n) is 8.80. The minimum Gasteiger partial charge on any atom is -0.446 e. The molecule has 0 bridgehead atoms. The van der Waals surface area contributed by atoms with Crippen LogP contribution in [0, 0.1) is 12.8 Å². The molecule has 1 aliphatic rings. The number of benzene rings is 1. The zero-order valence-corrected chi connectivity index (χ0v) is 15.3. The van der Waals surface area contributed by atoms with E-state index in [9.17, 15) is 4.79 Å². The van der Waals surface area contributed by atoms with Gasteiger partial charge in [0.1, 0.15) is 6.10 Å². The van der Waals surface area contributed by atoms with E-state index in [1.54, 1.807) is 0 Å². The van der Waals surface area contributed by atoms with Gasteiger partial charge in [-0.2, -0.15) is 0 Å². The lowest BCUT2D eigenvalue weighted by Crippen LogP contribution is -2.31. The number of ether oxygens (including phenoxy) is 1.